The summed E-state index contributed by atoms with van der Waals surface area (Å²) in [5.41, 5.74) is 4.40. The predicted molar refractivity (Wildman–Crippen MR) is 109 cm³/mol. The minimum Gasteiger partial charge on any atom is -0.497 e. The predicted octanol–water partition coefficient (Wildman–Crippen LogP) is 3.83. The molecular formula is C22H31N3O3. The number of nitrogens with zero attached hydrogens (tertiary/aromatic N) is 3. The summed E-state index contributed by atoms with van der Waals surface area (Å²) in [4.78, 5) is 15.3. The molecule has 6 heteroatoms. The Kier molecular flexibility index (Phi) is 5.96. The lowest BCUT2D eigenvalue weighted by molar-refractivity contribution is -0.136. The molecular weight excluding hydrogens is 354 g/mol. The second-order valence-electron chi connectivity index (χ2n) is 7.68. The Labute approximate surface area is 167 Å². The molecule has 1 aliphatic rings. The average Bonchev–Trinajstić information content (AvgIpc) is 3.28. The van der Waals surface area contributed by atoms with E-state index in [1.54, 1.807) is 14.2 Å². The third kappa shape index (κ3) is 3.73. The van der Waals surface area contributed by atoms with E-state index >= 15 is 0 Å². The monoisotopic (exact) mass is 385 g/mol. The van der Waals surface area contributed by atoms with E-state index in [0.717, 1.165) is 47.8 Å². The number of hydrogen-bond donors (Lipinski definition) is 0. The Balaban J connectivity index is 1.80. The van der Waals surface area contributed by atoms with Gasteiger partial charge in [-0.3, -0.25) is 9.48 Å². The highest BCUT2D eigenvalue weighted by Gasteiger charge is 2.34. The molecule has 0 spiro atoms. The molecule has 6 nitrogen and oxygen atoms in total. The van der Waals surface area contributed by atoms with Crippen molar-refractivity contribution in [3.05, 3.63) is 40.7 Å². The zero-order valence-electron chi connectivity index (χ0n) is 17.8. The number of benzene rings is 1. The summed E-state index contributed by atoms with van der Waals surface area (Å²) in [5, 5.41) is 4.59. The van der Waals surface area contributed by atoms with E-state index in [9.17, 15) is 4.79 Å². The van der Waals surface area contributed by atoms with Gasteiger partial charge in [-0.25, -0.2) is 0 Å². The molecule has 0 bridgehead atoms. The minimum atomic E-state index is -0.137. The van der Waals surface area contributed by atoms with Gasteiger partial charge in [0.25, 0.3) is 0 Å². The first kappa shape index (κ1) is 20.2. The molecule has 0 radical (unpaired) electrons. The number of hydrogen-bond acceptors (Lipinski definition) is 4. The zero-order chi connectivity index (χ0) is 20.4. The Morgan fingerprint density at radius 1 is 1.25 bits per heavy atom. The lowest BCUT2D eigenvalue weighted by Crippen LogP contribution is -2.36. The van der Waals surface area contributed by atoms with Crippen molar-refractivity contribution in [1.29, 1.82) is 0 Å². The number of aryl methyl sites for hydroxylation is 1. The minimum absolute atomic E-state index is 0.0398. The van der Waals surface area contributed by atoms with Crippen LogP contribution in [-0.2, 0) is 11.3 Å². The standard InChI is InChI=1S/C22H31N3O3/c1-14(13-25-17(4)15(2)16(3)23-25)22(26)24-11-7-8-20(24)19-10-9-18(27-5)12-21(19)28-6/h9-10,12,14,20H,7-8,11,13H2,1-6H3/t14-,20-/m0/s1. The van der Waals surface area contributed by atoms with E-state index in [0.29, 0.717) is 6.54 Å². The Hall–Kier alpha value is -2.50. The summed E-state index contributed by atoms with van der Waals surface area (Å²) in [5.74, 6) is 1.56. The first-order valence-corrected chi connectivity index (χ1v) is 9.90. The molecule has 2 heterocycles. The molecule has 3 rings (SSSR count). The van der Waals surface area contributed by atoms with Crippen molar-refractivity contribution in [3.63, 3.8) is 0 Å². The molecule has 1 saturated heterocycles. The SMILES string of the molecule is COc1ccc([C@@H]2CCCN2C(=O)[C@@H](C)Cn2nc(C)c(C)c2C)c(OC)c1. The normalized spacial score (nSPS) is 17.6. The summed E-state index contributed by atoms with van der Waals surface area (Å²) in [6.45, 7) is 9.52. The van der Waals surface area contributed by atoms with Gasteiger partial charge in [-0.05, 0) is 51.3 Å². The Bertz CT molecular complexity index is 859. The van der Waals surface area contributed by atoms with Gasteiger partial charge >= 0.3 is 0 Å². The van der Waals surface area contributed by atoms with Crippen LogP contribution in [0, 0.1) is 26.7 Å². The summed E-state index contributed by atoms with van der Waals surface area (Å²) in [7, 11) is 3.30. The van der Waals surface area contributed by atoms with Crippen LogP contribution in [0.1, 0.15) is 48.3 Å². The summed E-state index contributed by atoms with van der Waals surface area (Å²) >= 11 is 0. The lowest BCUT2D eigenvalue weighted by Gasteiger charge is -2.29. The highest BCUT2D eigenvalue weighted by Crippen LogP contribution is 2.39. The number of methoxy groups -OCH3 is 2. The average molecular weight is 386 g/mol. The maximum Gasteiger partial charge on any atom is 0.227 e. The van der Waals surface area contributed by atoms with Gasteiger partial charge in [-0.15, -0.1) is 0 Å². The van der Waals surface area contributed by atoms with Crippen LogP contribution >= 0.6 is 0 Å². The molecule has 1 amide bonds. The molecule has 152 valence electrons. The third-order valence-corrected chi connectivity index (χ3v) is 5.95. The molecule has 1 aromatic heterocycles. The second-order valence-corrected chi connectivity index (χ2v) is 7.68. The van der Waals surface area contributed by atoms with Crippen molar-refractivity contribution in [2.45, 2.75) is 53.1 Å². The van der Waals surface area contributed by atoms with Crippen LogP contribution < -0.4 is 9.47 Å². The highest BCUT2D eigenvalue weighted by atomic mass is 16.5. The van der Waals surface area contributed by atoms with Crippen molar-refractivity contribution in [1.82, 2.24) is 14.7 Å². The molecule has 2 aromatic rings. The van der Waals surface area contributed by atoms with E-state index in [-0.39, 0.29) is 17.9 Å². The lowest BCUT2D eigenvalue weighted by atomic mass is 10.0. The molecule has 28 heavy (non-hydrogen) atoms. The van der Waals surface area contributed by atoms with Crippen molar-refractivity contribution in [2.24, 2.45) is 5.92 Å². The van der Waals surface area contributed by atoms with E-state index in [4.69, 9.17) is 9.47 Å². The number of amides is 1. The molecule has 0 unspecified atom stereocenters. The largest absolute Gasteiger partial charge is 0.497 e. The van der Waals surface area contributed by atoms with Crippen molar-refractivity contribution < 1.29 is 14.3 Å². The molecule has 1 aliphatic heterocycles. The number of carbonyl (C=O) groups excluding carboxylic acids is 1. The maximum atomic E-state index is 13.3. The van der Waals surface area contributed by atoms with E-state index in [1.165, 1.54) is 5.56 Å². The van der Waals surface area contributed by atoms with Crippen LogP contribution in [0.4, 0.5) is 0 Å². The summed E-state index contributed by atoms with van der Waals surface area (Å²) < 4.78 is 12.9. The van der Waals surface area contributed by atoms with Gasteiger partial charge in [0.05, 0.1) is 38.4 Å². The number of carbonyl (C=O) groups is 1. The van der Waals surface area contributed by atoms with Gasteiger partial charge in [0.2, 0.25) is 5.91 Å². The van der Waals surface area contributed by atoms with Crippen LogP contribution in [0.5, 0.6) is 11.5 Å². The van der Waals surface area contributed by atoms with Gasteiger partial charge in [0.15, 0.2) is 0 Å². The molecule has 1 aromatic carbocycles. The second kappa shape index (κ2) is 8.25. The van der Waals surface area contributed by atoms with E-state index in [1.807, 2.05) is 41.6 Å². The van der Waals surface area contributed by atoms with Crippen LogP contribution in [0.25, 0.3) is 0 Å². The highest BCUT2D eigenvalue weighted by molar-refractivity contribution is 5.79. The summed E-state index contributed by atoms with van der Waals surface area (Å²) in [6.07, 6.45) is 1.94. The maximum absolute atomic E-state index is 13.3. The van der Waals surface area contributed by atoms with Crippen molar-refractivity contribution in [3.8, 4) is 11.5 Å². The van der Waals surface area contributed by atoms with Crippen LogP contribution in [0.15, 0.2) is 18.2 Å². The third-order valence-electron chi connectivity index (χ3n) is 5.95. The van der Waals surface area contributed by atoms with E-state index < -0.39 is 0 Å². The van der Waals surface area contributed by atoms with Gasteiger partial charge in [0.1, 0.15) is 11.5 Å². The molecule has 1 fully saturated rings. The number of likely N-dealkylation sites (tertiary alicyclic amines) is 1. The van der Waals surface area contributed by atoms with E-state index in [2.05, 4.69) is 18.9 Å². The molecule has 2 atom stereocenters. The number of ether oxygens (including phenoxy) is 2. The number of rotatable bonds is 6. The Morgan fingerprint density at radius 3 is 2.61 bits per heavy atom. The van der Waals surface area contributed by atoms with Gasteiger partial charge in [-0.1, -0.05) is 6.92 Å². The van der Waals surface area contributed by atoms with Gasteiger partial charge in [-0.2, -0.15) is 5.10 Å². The van der Waals surface area contributed by atoms with Crippen LogP contribution in [0.2, 0.25) is 0 Å². The fourth-order valence-corrected chi connectivity index (χ4v) is 4.03. The zero-order valence-corrected chi connectivity index (χ0v) is 17.8. The number of aromatic nitrogens is 2. The summed E-state index contributed by atoms with van der Waals surface area (Å²) in [6, 6.07) is 5.88. The van der Waals surface area contributed by atoms with Crippen molar-refractivity contribution >= 4 is 5.91 Å². The smallest absolute Gasteiger partial charge is 0.227 e. The molecule has 0 N–H and O–H groups in total. The van der Waals surface area contributed by atoms with Crippen LogP contribution in [0.3, 0.4) is 0 Å². The topological polar surface area (TPSA) is 56.6 Å². The van der Waals surface area contributed by atoms with Gasteiger partial charge < -0.3 is 14.4 Å². The molecule has 0 saturated carbocycles. The van der Waals surface area contributed by atoms with Crippen LogP contribution in [-0.4, -0.2) is 41.4 Å². The van der Waals surface area contributed by atoms with Gasteiger partial charge in [0, 0.05) is 23.9 Å². The quantitative estimate of drug-likeness (QED) is 0.758. The molecule has 0 aliphatic carbocycles. The van der Waals surface area contributed by atoms with Crippen molar-refractivity contribution in [2.75, 3.05) is 20.8 Å². The Morgan fingerprint density at radius 2 is 2.00 bits per heavy atom. The fraction of sp³-hybridized carbons (Fsp3) is 0.545. The first-order chi connectivity index (χ1) is 13.4. The first-order valence-electron chi connectivity index (χ1n) is 9.90. The fourth-order valence-electron chi connectivity index (χ4n) is 4.03.